The molecule has 0 aliphatic rings. The van der Waals surface area contributed by atoms with Crippen molar-refractivity contribution in [3.05, 3.63) is 12.2 Å². The summed E-state index contributed by atoms with van der Waals surface area (Å²) in [5.74, 6) is 0. The van der Waals surface area contributed by atoms with Crippen LogP contribution in [0.5, 0.6) is 0 Å². The van der Waals surface area contributed by atoms with E-state index in [4.69, 9.17) is 5.73 Å². The van der Waals surface area contributed by atoms with Gasteiger partial charge in [0.2, 0.25) is 0 Å². The molecule has 0 aliphatic carbocycles. The van der Waals surface area contributed by atoms with Gasteiger partial charge in [-0.3, -0.25) is 0 Å². The Morgan fingerprint density at radius 2 is 2.38 bits per heavy atom. The van der Waals surface area contributed by atoms with Gasteiger partial charge in [0.05, 0.1) is 0 Å². The molecule has 0 aliphatic heterocycles. The van der Waals surface area contributed by atoms with Gasteiger partial charge in [0.25, 0.3) is 0 Å². The van der Waals surface area contributed by atoms with Gasteiger partial charge in [0.1, 0.15) is 0 Å². The number of nitrogens with one attached hydrogen (secondary N) is 1. The first kappa shape index (κ1) is 7.43. The van der Waals surface area contributed by atoms with Crippen LogP contribution < -0.4 is 11.1 Å². The molecule has 8 heavy (non-hydrogen) atoms. The highest BCUT2D eigenvalue weighted by atomic mass is 32.1. The summed E-state index contributed by atoms with van der Waals surface area (Å²) in [7, 11) is 0. The van der Waals surface area contributed by atoms with Gasteiger partial charge < -0.3 is 11.1 Å². The van der Waals surface area contributed by atoms with Gasteiger partial charge >= 0.3 is 0 Å². The first-order chi connectivity index (χ1) is 3.63. The molecule has 0 rings (SSSR count). The van der Waals surface area contributed by atoms with E-state index in [1.165, 1.54) is 0 Å². The van der Waals surface area contributed by atoms with Gasteiger partial charge in [-0.15, -0.1) is 0 Å². The van der Waals surface area contributed by atoms with Crippen LogP contribution in [-0.2, 0) is 0 Å². The lowest BCUT2D eigenvalue weighted by molar-refractivity contribution is 0.993. The highest BCUT2D eigenvalue weighted by Crippen LogP contribution is 1.79. The third-order valence-corrected chi connectivity index (χ3v) is 0.709. The molecule has 0 aromatic carbocycles. The zero-order valence-corrected chi connectivity index (χ0v) is 5.72. The van der Waals surface area contributed by atoms with E-state index in [1.807, 2.05) is 6.92 Å². The van der Waals surface area contributed by atoms with Gasteiger partial charge in [-0.05, 0) is 19.1 Å². The van der Waals surface area contributed by atoms with E-state index >= 15 is 0 Å². The fourth-order valence-corrected chi connectivity index (χ4v) is 0.310. The summed E-state index contributed by atoms with van der Waals surface area (Å²) in [6.07, 6.45) is 0. The first-order valence-electron chi connectivity index (χ1n) is 2.30. The third-order valence-electron chi connectivity index (χ3n) is 0.564. The molecule has 3 N–H and O–H groups in total. The van der Waals surface area contributed by atoms with Crippen molar-refractivity contribution in [2.45, 2.75) is 6.92 Å². The summed E-state index contributed by atoms with van der Waals surface area (Å²) in [5, 5.41) is 3.08. The van der Waals surface area contributed by atoms with E-state index in [1.54, 1.807) is 0 Å². The Hall–Kier alpha value is -0.570. The van der Waals surface area contributed by atoms with E-state index < -0.39 is 0 Å². The van der Waals surface area contributed by atoms with Crippen LogP contribution in [0.25, 0.3) is 0 Å². The summed E-state index contributed by atoms with van der Waals surface area (Å²) in [4.78, 5) is 0. The zero-order chi connectivity index (χ0) is 6.57. The molecule has 0 fully saturated rings. The lowest BCUT2D eigenvalue weighted by Gasteiger charge is -1.99. The van der Waals surface area contributed by atoms with Crippen molar-refractivity contribution in [1.29, 1.82) is 0 Å². The maximum atomic E-state index is 5.12. The van der Waals surface area contributed by atoms with Crippen molar-refractivity contribution >= 4 is 17.3 Å². The highest BCUT2D eigenvalue weighted by molar-refractivity contribution is 7.80. The number of thiocarbonyl (C=S) groups is 1. The maximum Gasteiger partial charge on any atom is 0.163 e. The van der Waals surface area contributed by atoms with Crippen LogP contribution in [0.1, 0.15) is 6.92 Å². The summed E-state index contributed by atoms with van der Waals surface area (Å²) in [6, 6.07) is 0. The second-order valence-corrected chi connectivity index (χ2v) is 2.11. The molecule has 0 atom stereocenters. The summed E-state index contributed by atoms with van der Waals surface area (Å²) >= 11 is 4.54. The van der Waals surface area contributed by atoms with Crippen molar-refractivity contribution in [2.75, 3.05) is 6.54 Å². The molecule has 0 heterocycles. The van der Waals surface area contributed by atoms with Gasteiger partial charge in [-0.1, -0.05) is 12.2 Å². The Morgan fingerprint density at radius 3 is 2.50 bits per heavy atom. The SMILES string of the molecule is C=C(C)CNC(N)=S. The average molecular weight is 130 g/mol. The fraction of sp³-hybridized carbons (Fsp3) is 0.400. The van der Waals surface area contributed by atoms with Gasteiger partial charge in [-0.25, -0.2) is 0 Å². The normalized spacial score (nSPS) is 8.12. The molecule has 0 aromatic heterocycles. The molecule has 0 radical (unpaired) electrons. The van der Waals surface area contributed by atoms with Crippen molar-refractivity contribution in [3.8, 4) is 0 Å². The van der Waals surface area contributed by atoms with E-state index in [0.717, 1.165) is 5.57 Å². The number of hydrogen-bond donors (Lipinski definition) is 2. The van der Waals surface area contributed by atoms with Crippen LogP contribution in [-0.4, -0.2) is 11.7 Å². The molecular weight excluding hydrogens is 120 g/mol. The van der Waals surface area contributed by atoms with Gasteiger partial charge in [0, 0.05) is 6.54 Å². The van der Waals surface area contributed by atoms with Crippen molar-refractivity contribution in [3.63, 3.8) is 0 Å². The molecule has 0 bridgehead atoms. The van der Waals surface area contributed by atoms with Crippen LogP contribution >= 0.6 is 12.2 Å². The van der Waals surface area contributed by atoms with E-state index in [0.29, 0.717) is 11.7 Å². The quantitative estimate of drug-likeness (QED) is 0.419. The molecule has 3 heteroatoms. The Labute approximate surface area is 54.8 Å². The Morgan fingerprint density at radius 1 is 1.88 bits per heavy atom. The Kier molecular flexibility index (Phi) is 3.19. The van der Waals surface area contributed by atoms with Crippen molar-refractivity contribution in [2.24, 2.45) is 5.73 Å². The number of rotatable bonds is 2. The predicted octanol–water partition coefficient (Wildman–Crippen LogP) is 0.396. The van der Waals surface area contributed by atoms with Crippen LogP contribution in [0, 0.1) is 0 Å². The van der Waals surface area contributed by atoms with Crippen LogP contribution in [0.3, 0.4) is 0 Å². The monoisotopic (exact) mass is 130 g/mol. The van der Waals surface area contributed by atoms with Crippen molar-refractivity contribution in [1.82, 2.24) is 5.32 Å². The summed E-state index contributed by atoms with van der Waals surface area (Å²) in [5.41, 5.74) is 6.15. The number of hydrogen-bond acceptors (Lipinski definition) is 1. The molecule has 0 spiro atoms. The lowest BCUT2D eigenvalue weighted by Crippen LogP contribution is -2.29. The Balaban J connectivity index is 3.18. The minimum absolute atomic E-state index is 0.327. The van der Waals surface area contributed by atoms with E-state index in [9.17, 15) is 0 Å². The molecule has 0 unspecified atom stereocenters. The lowest BCUT2D eigenvalue weighted by atomic mass is 10.4. The maximum absolute atomic E-state index is 5.12. The van der Waals surface area contributed by atoms with E-state index in [2.05, 4.69) is 24.1 Å². The molecule has 2 nitrogen and oxygen atoms in total. The summed E-state index contributed by atoms with van der Waals surface area (Å²) in [6.45, 7) is 6.23. The predicted molar refractivity (Wildman–Crippen MR) is 39.6 cm³/mol. The smallest absolute Gasteiger partial charge is 0.163 e. The number of nitrogens with two attached hydrogens (primary N) is 1. The molecule has 0 aromatic rings. The van der Waals surface area contributed by atoms with Gasteiger partial charge in [0.15, 0.2) is 5.11 Å². The fourth-order valence-electron chi connectivity index (χ4n) is 0.238. The van der Waals surface area contributed by atoms with Crippen LogP contribution in [0.15, 0.2) is 12.2 Å². The second kappa shape index (κ2) is 3.43. The molecule has 0 saturated carbocycles. The van der Waals surface area contributed by atoms with Crippen LogP contribution in [0.2, 0.25) is 0 Å². The second-order valence-electron chi connectivity index (χ2n) is 1.67. The largest absolute Gasteiger partial charge is 0.376 e. The van der Waals surface area contributed by atoms with Crippen LogP contribution in [0.4, 0.5) is 0 Å². The minimum Gasteiger partial charge on any atom is -0.376 e. The summed E-state index contributed by atoms with van der Waals surface area (Å²) < 4.78 is 0. The van der Waals surface area contributed by atoms with E-state index in [-0.39, 0.29) is 0 Å². The zero-order valence-electron chi connectivity index (χ0n) is 4.90. The standard InChI is InChI=1S/C5H10N2S/c1-4(2)3-7-5(6)8/h1,3H2,2H3,(H3,6,7,8). The molecular formula is C5H10N2S. The molecule has 46 valence electrons. The minimum atomic E-state index is 0.327. The highest BCUT2D eigenvalue weighted by Gasteiger charge is 1.83. The topological polar surface area (TPSA) is 38.0 Å². The molecule has 0 amide bonds. The molecule has 0 saturated heterocycles. The average Bonchev–Trinajstić information content (AvgIpc) is 1.61. The first-order valence-corrected chi connectivity index (χ1v) is 2.71. The third kappa shape index (κ3) is 5.43. The Bertz CT molecular complexity index is 95.0. The van der Waals surface area contributed by atoms with Crippen molar-refractivity contribution < 1.29 is 0 Å². The van der Waals surface area contributed by atoms with Gasteiger partial charge in [-0.2, -0.15) is 0 Å².